The number of anilines is 2. The van der Waals surface area contributed by atoms with Crippen molar-refractivity contribution in [2.24, 2.45) is 5.92 Å². The molecule has 1 heterocycles. The minimum Gasteiger partial charge on any atom is -0.344 e. The molecule has 0 spiro atoms. The van der Waals surface area contributed by atoms with Crippen molar-refractivity contribution >= 4 is 29.1 Å². The Kier molecular flexibility index (Phi) is 4.64. The van der Waals surface area contributed by atoms with Gasteiger partial charge in [0, 0.05) is 30.4 Å². The molecular weight excluding hydrogens is 306 g/mol. The van der Waals surface area contributed by atoms with Crippen molar-refractivity contribution in [3.05, 3.63) is 36.4 Å². The van der Waals surface area contributed by atoms with Crippen LogP contribution in [0.2, 0.25) is 0 Å². The molecule has 1 aliphatic carbocycles. The number of carbonyl (C=O) groups is 3. The summed E-state index contributed by atoms with van der Waals surface area (Å²) in [5, 5.41) is 5.01. The van der Waals surface area contributed by atoms with Crippen LogP contribution in [0.5, 0.6) is 0 Å². The first-order valence-electron chi connectivity index (χ1n) is 8.24. The molecule has 2 aliphatic rings. The minimum absolute atomic E-state index is 0.152. The fourth-order valence-corrected chi connectivity index (χ4v) is 2.86. The van der Waals surface area contributed by atoms with Crippen LogP contribution in [-0.4, -0.2) is 30.8 Å². The summed E-state index contributed by atoms with van der Waals surface area (Å²) < 4.78 is 0. The van der Waals surface area contributed by atoms with Crippen LogP contribution in [-0.2, 0) is 20.8 Å². The van der Waals surface area contributed by atoms with Crippen molar-refractivity contribution in [1.29, 1.82) is 0 Å². The number of hydrogen-bond donors (Lipinski definition) is 2. The third-order valence-corrected chi connectivity index (χ3v) is 4.27. The van der Waals surface area contributed by atoms with Crippen molar-refractivity contribution in [1.82, 2.24) is 5.32 Å². The molecule has 0 unspecified atom stereocenters. The number of rotatable bonds is 4. The van der Waals surface area contributed by atoms with Gasteiger partial charge in [0.15, 0.2) is 0 Å². The molecule has 3 amide bonds. The molecule has 24 heavy (non-hydrogen) atoms. The van der Waals surface area contributed by atoms with Crippen LogP contribution in [0.3, 0.4) is 0 Å². The number of hydrogen-bond acceptors (Lipinski definition) is 3. The normalized spacial score (nSPS) is 16.1. The van der Waals surface area contributed by atoms with E-state index in [1.54, 1.807) is 12.1 Å². The zero-order chi connectivity index (χ0) is 17.1. The smallest absolute Gasteiger partial charge is 0.313 e. The van der Waals surface area contributed by atoms with Crippen molar-refractivity contribution < 1.29 is 14.4 Å². The molecular formula is C18H21N3O3. The summed E-state index contributed by atoms with van der Waals surface area (Å²) in [6, 6.07) is 5.47. The van der Waals surface area contributed by atoms with Gasteiger partial charge in [-0.05, 0) is 43.4 Å². The second-order valence-electron chi connectivity index (χ2n) is 6.16. The summed E-state index contributed by atoms with van der Waals surface area (Å²) in [6.45, 7) is 4.43. The number of aryl methyl sites for hydroxylation is 1. The summed E-state index contributed by atoms with van der Waals surface area (Å²) in [4.78, 5) is 37.8. The van der Waals surface area contributed by atoms with Crippen LogP contribution in [0.15, 0.2) is 30.9 Å². The van der Waals surface area contributed by atoms with Gasteiger partial charge < -0.3 is 15.5 Å². The molecule has 0 bridgehead atoms. The largest absolute Gasteiger partial charge is 0.344 e. The fraction of sp³-hybridized carbons (Fsp3) is 0.389. The number of nitrogens with one attached hydrogen (secondary N) is 2. The van der Waals surface area contributed by atoms with Gasteiger partial charge in [0.1, 0.15) is 0 Å². The van der Waals surface area contributed by atoms with E-state index in [2.05, 4.69) is 17.2 Å². The maximum atomic E-state index is 12.4. The molecule has 6 heteroatoms. The van der Waals surface area contributed by atoms with Gasteiger partial charge in [-0.3, -0.25) is 14.4 Å². The Morgan fingerprint density at radius 2 is 2.04 bits per heavy atom. The molecule has 1 aromatic carbocycles. The van der Waals surface area contributed by atoms with E-state index in [0.29, 0.717) is 12.2 Å². The highest BCUT2D eigenvalue weighted by molar-refractivity contribution is 6.39. The molecule has 0 radical (unpaired) electrons. The highest BCUT2D eigenvalue weighted by Crippen LogP contribution is 2.36. The van der Waals surface area contributed by atoms with Gasteiger partial charge in [0.2, 0.25) is 5.91 Å². The molecule has 1 fully saturated rings. The molecule has 2 N–H and O–H groups in total. The predicted octanol–water partition coefficient (Wildman–Crippen LogP) is 1.62. The number of carbonyl (C=O) groups excluding carboxylic acids is 3. The van der Waals surface area contributed by atoms with E-state index in [0.717, 1.165) is 36.9 Å². The van der Waals surface area contributed by atoms with Crippen molar-refractivity contribution in [2.45, 2.75) is 25.7 Å². The lowest BCUT2D eigenvalue weighted by Crippen LogP contribution is -2.37. The summed E-state index contributed by atoms with van der Waals surface area (Å²) >= 11 is 0. The predicted molar refractivity (Wildman–Crippen MR) is 91.7 cm³/mol. The SMILES string of the molecule is C=CCNC(=O)C(=O)Nc1ccc2c(c1)N(C(=O)C1CC1)CCC2. The van der Waals surface area contributed by atoms with Gasteiger partial charge in [-0.15, -0.1) is 6.58 Å². The van der Waals surface area contributed by atoms with Gasteiger partial charge in [0.25, 0.3) is 0 Å². The maximum absolute atomic E-state index is 12.4. The van der Waals surface area contributed by atoms with Gasteiger partial charge in [0.05, 0.1) is 0 Å². The van der Waals surface area contributed by atoms with Crippen LogP contribution in [0.25, 0.3) is 0 Å². The standard InChI is InChI=1S/C18H21N3O3/c1-2-9-19-16(22)17(23)20-14-8-7-12-4-3-10-21(15(12)11-14)18(24)13-5-6-13/h2,7-8,11,13H,1,3-6,9-10H2,(H,19,22)(H,20,23). The lowest BCUT2D eigenvalue weighted by atomic mass is 10.0. The van der Waals surface area contributed by atoms with E-state index >= 15 is 0 Å². The summed E-state index contributed by atoms with van der Waals surface area (Å²) in [6.07, 6.45) is 5.29. The average molecular weight is 327 g/mol. The minimum atomic E-state index is -0.729. The van der Waals surface area contributed by atoms with E-state index in [9.17, 15) is 14.4 Å². The summed E-state index contributed by atoms with van der Waals surface area (Å²) in [5.74, 6) is -1.12. The average Bonchev–Trinajstić information content (AvgIpc) is 3.43. The summed E-state index contributed by atoms with van der Waals surface area (Å²) in [5.41, 5.74) is 2.47. The number of benzene rings is 1. The molecule has 126 valence electrons. The first-order chi connectivity index (χ1) is 11.6. The highest BCUT2D eigenvalue weighted by Gasteiger charge is 2.35. The first kappa shape index (κ1) is 16.2. The maximum Gasteiger partial charge on any atom is 0.313 e. The molecule has 0 aromatic heterocycles. The lowest BCUT2D eigenvalue weighted by molar-refractivity contribution is -0.136. The topological polar surface area (TPSA) is 78.5 Å². The van der Waals surface area contributed by atoms with E-state index in [1.165, 1.54) is 6.08 Å². The molecule has 6 nitrogen and oxygen atoms in total. The van der Waals surface area contributed by atoms with Crippen LogP contribution >= 0.6 is 0 Å². The van der Waals surface area contributed by atoms with Crippen molar-refractivity contribution in [3.63, 3.8) is 0 Å². The zero-order valence-electron chi connectivity index (χ0n) is 13.5. The third kappa shape index (κ3) is 3.48. The Morgan fingerprint density at radius 3 is 2.75 bits per heavy atom. The van der Waals surface area contributed by atoms with Crippen LogP contribution < -0.4 is 15.5 Å². The van der Waals surface area contributed by atoms with Crippen LogP contribution in [0, 0.1) is 5.92 Å². The Labute approximate surface area is 140 Å². The van der Waals surface area contributed by atoms with E-state index in [4.69, 9.17) is 0 Å². The van der Waals surface area contributed by atoms with E-state index in [-0.39, 0.29) is 18.4 Å². The van der Waals surface area contributed by atoms with Crippen molar-refractivity contribution in [3.8, 4) is 0 Å². The van der Waals surface area contributed by atoms with Crippen LogP contribution in [0.1, 0.15) is 24.8 Å². The van der Waals surface area contributed by atoms with Crippen LogP contribution in [0.4, 0.5) is 11.4 Å². The lowest BCUT2D eigenvalue weighted by Gasteiger charge is -2.30. The Balaban J connectivity index is 1.75. The van der Waals surface area contributed by atoms with Gasteiger partial charge in [-0.1, -0.05) is 12.1 Å². The zero-order valence-corrected chi connectivity index (χ0v) is 13.5. The van der Waals surface area contributed by atoms with E-state index < -0.39 is 11.8 Å². The monoisotopic (exact) mass is 327 g/mol. The van der Waals surface area contributed by atoms with Gasteiger partial charge in [-0.25, -0.2) is 0 Å². The Hall–Kier alpha value is -2.63. The highest BCUT2D eigenvalue weighted by atomic mass is 16.2. The fourth-order valence-electron chi connectivity index (χ4n) is 2.86. The Morgan fingerprint density at radius 1 is 1.25 bits per heavy atom. The first-order valence-corrected chi connectivity index (χ1v) is 8.24. The molecule has 3 rings (SSSR count). The molecule has 1 aromatic rings. The Bertz CT molecular complexity index is 695. The molecule has 0 saturated heterocycles. The third-order valence-electron chi connectivity index (χ3n) is 4.27. The molecule has 0 atom stereocenters. The molecule has 1 saturated carbocycles. The second-order valence-corrected chi connectivity index (χ2v) is 6.16. The number of fused-ring (bicyclic) bond motifs is 1. The van der Waals surface area contributed by atoms with Gasteiger partial charge in [-0.2, -0.15) is 0 Å². The number of nitrogens with zero attached hydrogens (tertiary/aromatic N) is 1. The van der Waals surface area contributed by atoms with Crippen molar-refractivity contribution in [2.75, 3.05) is 23.3 Å². The number of amides is 3. The van der Waals surface area contributed by atoms with E-state index in [1.807, 2.05) is 11.0 Å². The van der Waals surface area contributed by atoms with Gasteiger partial charge >= 0.3 is 11.8 Å². The summed E-state index contributed by atoms with van der Waals surface area (Å²) in [7, 11) is 0. The quantitative estimate of drug-likeness (QED) is 0.651. The second kappa shape index (κ2) is 6.86. The molecule has 1 aliphatic heterocycles.